The molecule has 0 fully saturated rings. The number of nitrogens with one attached hydrogen (secondary N) is 2. The van der Waals surface area contributed by atoms with Crippen LogP contribution in [0.1, 0.15) is 371 Å². The zero-order chi connectivity index (χ0) is 84.6. The first-order valence-electron chi connectivity index (χ1n) is 48.4. The normalized spacial score (nSPS) is 15.1. The number of unbranched alkanes of at least 4 members (excludes halogenated alkanes) is 8. The number of hydrogen-bond donors (Lipinski definition) is 2. The molecule has 2 N–H and O–H groups in total. The van der Waals surface area contributed by atoms with E-state index < -0.39 is 0 Å². The van der Waals surface area contributed by atoms with Gasteiger partial charge in [0.15, 0.2) is 0 Å². The van der Waals surface area contributed by atoms with E-state index in [1.54, 1.807) is 0 Å². The van der Waals surface area contributed by atoms with Gasteiger partial charge in [-0.1, -0.05) is 289 Å². The molecule has 2 aliphatic rings. The molecule has 118 heavy (non-hydrogen) atoms. The lowest BCUT2D eigenvalue weighted by Crippen LogP contribution is -2.41. The maximum absolute atomic E-state index is 15.1. The number of amides is 4. The second kappa shape index (κ2) is 48.8. The van der Waals surface area contributed by atoms with Crippen molar-refractivity contribution in [1.82, 2.24) is 39.7 Å². The minimum absolute atomic E-state index is 0.200. The predicted octanol–water partition coefficient (Wildman–Crippen LogP) is 25.3. The van der Waals surface area contributed by atoms with Gasteiger partial charge in [-0.3, -0.25) is 29.0 Å². The maximum Gasteiger partial charge on any atom is 0.261 e. The van der Waals surface area contributed by atoms with Crippen LogP contribution in [0.2, 0.25) is 0 Å². The molecule has 0 saturated heterocycles. The number of hydrogen-bond acceptors (Lipinski definition) is 16. The Hall–Kier alpha value is -7.50. The average molecular weight is 1620 g/mol. The molecule has 0 radical (unpaired) electrons. The van der Waals surface area contributed by atoms with Gasteiger partial charge in [0.1, 0.15) is 0 Å². The summed E-state index contributed by atoms with van der Waals surface area (Å²) < 4.78 is 0. The van der Waals surface area contributed by atoms with Crippen molar-refractivity contribution in [2.75, 3.05) is 109 Å². The first-order chi connectivity index (χ1) is 57.5. The minimum Gasteiger partial charge on any atom is -0.354 e. The van der Waals surface area contributed by atoms with Gasteiger partial charge < -0.3 is 30.2 Å². The molecule has 652 valence electrons. The molecule has 5 aromatic carbocycles. The highest BCUT2D eigenvalue weighted by Gasteiger charge is 2.38. The van der Waals surface area contributed by atoms with Crippen molar-refractivity contribution in [3.8, 4) is 0 Å². The summed E-state index contributed by atoms with van der Waals surface area (Å²) in [5.41, 5.74) is 1.94. The first kappa shape index (κ1) is 94.4. The molecule has 8 unspecified atom stereocenters. The van der Waals surface area contributed by atoms with Crippen molar-refractivity contribution in [3.05, 3.63) is 70.8 Å². The molecule has 4 heterocycles. The number of nitrogens with zero attached hydrogens (tertiary/aromatic N) is 12. The third-order valence-corrected chi connectivity index (χ3v) is 27.0. The molecule has 2 aliphatic heterocycles. The van der Waals surface area contributed by atoms with Crippen molar-refractivity contribution in [2.45, 2.75) is 329 Å². The molecule has 0 saturated carbocycles. The van der Waals surface area contributed by atoms with Crippen LogP contribution in [0, 0.1) is 47.3 Å². The van der Waals surface area contributed by atoms with Crippen LogP contribution >= 0.6 is 0 Å². The molecule has 2 aromatic heterocycles. The Labute approximate surface area is 713 Å². The molecule has 18 nitrogen and oxygen atoms in total. The molecule has 4 amide bonds. The molecular formula is C100H158N14O4. The van der Waals surface area contributed by atoms with Gasteiger partial charge in [-0.25, -0.2) is 0 Å². The Morgan fingerprint density at radius 1 is 0.263 bits per heavy atom. The minimum atomic E-state index is -0.321. The predicted molar refractivity (Wildman–Crippen MR) is 500 cm³/mol. The molecular weight excluding hydrogens is 1460 g/mol. The van der Waals surface area contributed by atoms with E-state index in [4.69, 9.17) is 29.9 Å². The summed E-state index contributed by atoms with van der Waals surface area (Å²) in [6, 6.07) is 15.5. The van der Waals surface area contributed by atoms with Crippen LogP contribution in [0.4, 0.5) is 35.7 Å². The fraction of sp³-hybridized carbons (Fsp3) is 0.700. The fourth-order valence-electron chi connectivity index (χ4n) is 18.9. The largest absolute Gasteiger partial charge is 0.354 e. The van der Waals surface area contributed by atoms with E-state index in [0.717, 1.165) is 160 Å². The lowest BCUT2D eigenvalue weighted by atomic mass is 9.82. The summed E-state index contributed by atoms with van der Waals surface area (Å²) in [6.45, 7) is 45.4. The van der Waals surface area contributed by atoms with Crippen LogP contribution < -0.4 is 30.2 Å². The second-order valence-corrected chi connectivity index (χ2v) is 35.7. The number of benzene rings is 5. The summed E-state index contributed by atoms with van der Waals surface area (Å²) >= 11 is 0. The SMILES string of the molecule is CCCCC(CC)CN(CC(CC)CCCC)c1nc(NCCCN2C(=O)c3ccc4c5ccc6c7c(ccc(c8ccc(c3c48)C2=O)c75)C(=O)N(CCCNc2nc(N(CC(CC)CCCC)CC(CC)CCCC)nc(N(CC(CC)CCCC)CC(CC)CCCC)n2)C6=O)nc(N(CC(CC)CCCC)CC(CC)CCCC)n1. The van der Waals surface area contributed by atoms with Crippen LogP contribution in [0.3, 0.4) is 0 Å². The Morgan fingerprint density at radius 3 is 0.636 bits per heavy atom. The number of anilines is 6. The van der Waals surface area contributed by atoms with Gasteiger partial charge in [-0.05, 0) is 168 Å². The number of carbonyl (C=O) groups is 4. The molecule has 0 bridgehead atoms. The number of aromatic nitrogens is 6. The van der Waals surface area contributed by atoms with E-state index in [2.05, 4.69) is 141 Å². The Balaban J connectivity index is 0.978. The van der Waals surface area contributed by atoms with Crippen molar-refractivity contribution in [1.29, 1.82) is 0 Å². The van der Waals surface area contributed by atoms with Crippen molar-refractivity contribution in [2.24, 2.45) is 47.3 Å². The molecule has 0 spiro atoms. The molecule has 9 rings (SSSR count). The zero-order valence-electron chi connectivity index (χ0n) is 76.8. The Kier molecular flexibility index (Phi) is 39.0. The van der Waals surface area contributed by atoms with Crippen molar-refractivity contribution in [3.63, 3.8) is 0 Å². The van der Waals surface area contributed by atoms with Gasteiger partial charge >= 0.3 is 0 Å². The quantitative estimate of drug-likeness (QED) is 0.0158. The summed E-state index contributed by atoms with van der Waals surface area (Å²) in [7, 11) is 0. The number of rotatable bonds is 62. The van der Waals surface area contributed by atoms with E-state index >= 15 is 19.2 Å². The summed E-state index contributed by atoms with van der Waals surface area (Å²) in [4.78, 5) is 106. The van der Waals surface area contributed by atoms with E-state index in [0.29, 0.717) is 118 Å². The highest BCUT2D eigenvalue weighted by molar-refractivity contribution is 6.41. The number of imide groups is 2. The number of carbonyl (C=O) groups excluding carboxylic acids is 4. The van der Waals surface area contributed by atoms with Gasteiger partial charge in [0.2, 0.25) is 35.7 Å². The van der Waals surface area contributed by atoms with Crippen LogP contribution in [0.25, 0.3) is 43.1 Å². The van der Waals surface area contributed by atoms with Gasteiger partial charge in [0.05, 0.1) is 0 Å². The summed E-state index contributed by atoms with van der Waals surface area (Å²) in [5, 5.41) is 13.7. The van der Waals surface area contributed by atoms with Crippen LogP contribution in [-0.2, 0) is 0 Å². The highest BCUT2D eigenvalue weighted by Crippen LogP contribution is 2.47. The van der Waals surface area contributed by atoms with E-state index in [-0.39, 0.29) is 36.7 Å². The van der Waals surface area contributed by atoms with Crippen LogP contribution in [-0.4, -0.2) is 142 Å². The van der Waals surface area contributed by atoms with Gasteiger partial charge in [0, 0.05) is 112 Å². The van der Waals surface area contributed by atoms with E-state index in [1.165, 1.54) is 164 Å². The van der Waals surface area contributed by atoms with Crippen LogP contribution in [0.5, 0.6) is 0 Å². The Morgan fingerprint density at radius 2 is 0.458 bits per heavy atom. The third-order valence-electron chi connectivity index (χ3n) is 27.0. The highest BCUT2D eigenvalue weighted by atomic mass is 16.2. The van der Waals surface area contributed by atoms with Crippen molar-refractivity contribution < 1.29 is 19.2 Å². The van der Waals surface area contributed by atoms with E-state index in [1.807, 2.05) is 48.5 Å². The monoisotopic (exact) mass is 1620 g/mol. The first-order valence-corrected chi connectivity index (χ1v) is 48.4. The van der Waals surface area contributed by atoms with Gasteiger partial charge in [-0.2, -0.15) is 29.9 Å². The lowest BCUT2D eigenvalue weighted by Gasteiger charge is -2.33. The standard InChI is InChI=1S/C100H158N14O4/c1-17-33-43-71(25-9)63-109(64-72(26-10)44-34-18-2)97-103-95(104-98(107-97)110(65-73(27-11)45-35-19-3)66-74(28-12)46-36-20-4)101-59-41-61-113-91(115)83-55-51-79-81-53-57-85-90-86(58-54-82(88(81)90)80-52-56-84(92(113)116)89(83)87(79)80)94(118)114(93(85)117)62-42-60-102-96-105-99(111(67-75(29-13)47-37-21-5)68-76(30-14)48-38-22-6)108-100(106-96)112(69-77(31-15)49-39-23-7)70-78(32-16)50-40-24-8/h51-58,71-78H,17-50,59-70H2,1-16H3,(H,101,103,104,107)(H,102,105,106,108). The smallest absolute Gasteiger partial charge is 0.261 e. The summed E-state index contributed by atoms with van der Waals surface area (Å²) in [5.74, 6) is 6.85. The topological polar surface area (TPSA) is 189 Å². The Bertz CT molecular complexity index is 3650. The summed E-state index contributed by atoms with van der Waals surface area (Å²) in [6.07, 6.45) is 38.0. The number of fused-ring (bicyclic) bond motifs is 2. The average Bonchev–Trinajstić information content (AvgIpc) is 0.690. The molecule has 18 heteroatoms. The van der Waals surface area contributed by atoms with Crippen LogP contribution in [0.15, 0.2) is 48.5 Å². The third kappa shape index (κ3) is 24.4. The van der Waals surface area contributed by atoms with Gasteiger partial charge in [0.25, 0.3) is 23.6 Å². The lowest BCUT2D eigenvalue weighted by molar-refractivity contribution is 0.0594. The molecule has 8 atom stereocenters. The van der Waals surface area contributed by atoms with Gasteiger partial charge in [-0.15, -0.1) is 0 Å². The molecule has 0 aliphatic carbocycles. The maximum atomic E-state index is 15.1. The zero-order valence-corrected chi connectivity index (χ0v) is 76.8. The second-order valence-electron chi connectivity index (χ2n) is 35.7. The fourth-order valence-corrected chi connectivity index (χ4v) is 18.9. The molecule has 7 aromatic rings. The van der Waals surface area contributed by atoms with E-state index in [9.17, 15) is 0 Å². The van der Waals surface area contributed by atoms with Crippen molar-refractivity contribution >= 4 is 102 Å².